The topological polar surface area (TPSA) is 83.0 Å². The van der Waals surface area contributed by atoms with E-state index in [0.717, 1.165) is 11.0 Å². The maximum atomic E-state index is 11.5. The molecule has 0 bridgehead atoms. The summed E-state index contributed by atoms with van der Waals surface area (Å²) in [6.07, 6.45) is 0.510. The van der Waals surface area contributed by atoms with Gasteiger partial charge in [0.05, 0.1) is 7.11 Å². The number of esters is 1. The monoisotopic (exact) mass is 272 g/mol. The fourth-order valence-electron chi connectivity index (χ4n) is 1.63. The van der Waals surface area contributed by atoms with Crippen molar-refractivity contribution >= 4 is 17.7 Å². The molecule has 7 heteroatoms. The third kappa shape index (κ3) is 3.46. The molecule has 18 heavy (non-hydrogen) atoms. The molecule has 0 radical (unpaired) electrons. The van der Waals surface area contributed by atoms with Crippen molar-refractivity contribution in [2.45, 2.75) is 43.1 Å². The van der Waals surface area contributed by atoms with E-state index in [1.54, 1.807) is 18.7 Å². The molecule has 0 amide bonds. The Balaban J connectivity index is 2.64. The number of hydrogen-bond acceptors (Lipinski definition) is 6. The third-order valence-electron chi connectivity index (χ3n) is 2.72. The molecule has 2 atom stereocenters. The molecule has 102 valence electrons. The molecule has 2 unspecified atom stereocenters. The SMILES string of the molecule is COC(=O)C(C)(N)CC(C)Sc1nnc(C)n1C. The maximum Gasteiger partial charge on any atom is 0.325 e. The standard InChI is InChI=1S/C11H20N4O2S/c1-7(6-11(3,12)9(16)17-5)18-10-14-13-8(2)15(10)4/h7H,6,12H2,1-5H3. The van der Waals surface area contributed by atoms with Gasteiger partial charge in [0.25, 0.3) is 0 Å². The number of hydrogen-bond donors (Lipinski definition) is 1. The zero-order valence-corrected chi connectivity index (χ0v) is 12.2. The largest absolute Gasteiger partial charge is 0.468 e. The second-order valence-electron chi connectivity index (χ2n) is 4.63. The lowest BCUT2D eigenvalue weighted by atomic mass is 9.98. The second-order valence-corrected chi connectivity index (χ2v) is 6.04. The lowest BCUT2D eigenvalue weighted by molar-refractivity contribution is -0.146. The number of nitrogens with two attached hydrogens (primary N) is 1. The van der Waals surface area contributed by atoms with Crippen molar-refractivity contribution in [1.82, 2.24) is 14.8 Å². The average molecular weight is 272 g/mol. The van der Waals surface area contributed by atoms with Crippen LogP contribution in [0.25, 0.3) is 0 Å². The Morgan fingerprint density at radius 3 is 2.67 bits per heavy atom. The molecule has 6 nitrogen and oxygen atoms in total. The van der Waals surface area contributed by atoms with E-state index < -0.39 is 11.5 Å². The quantitative estimate of drug-likeness (QED) is 0.633. The van der Waals surface area contributed by atoms with Crippen LogP contribution in [-0.4, -0.2) is 38.6 Å². The van der Waals surface area contributed by atoms with Crippen molar-refractivity contribution in [2.75, 3.05) is 7.11 Å². The van der Waals surface area contributed by atoms with Crippen LogP contribution in [-0.2, 0) is 16.6 Å². The van der Waals surface area contributed by atoms with Crippen molar-refractivity contribution in [3.63, 3.8) is 0 Å². The summed E-state index contributed by atoms with van der Waals surface area (Å²) in [4.78, 5) is 11.5. The molecule has 2 N–H and O–H groups in total. The van der Waals surface area contributed by atoms with Gasteiger partial charge in [-0.1, -0.05) is 18.7 Å². The molecular weight excluding hydrogens is 252 g/mol. The minimum absolute atomic E-state index is 0.140. The molecule has 1 heterocycles. The van der Waals surface area contributed by atoms with E-state index >= 15 is 0 Å². The second kappa shape index (κ2) is 5.71. The Bertz CT molecular complexity index is 431. The zero-order chi connectivity index (χ0) is 13.9. The van der Waals surface area contributed by atoms with E-state index in [1.807, 2.05) is 25.5 Å². The number of aromatic nitrogens is 3. The number of ether oxygens (including phenoxy) is 1. The van der Waals surface area contributed by atoms with Crippen molar-refractivity contribution in [2.24, 2.45) is 12.8 Å². The molecule has 0 saturated heterocycles. The highest BCUT2D eigenvalue weighted by atomic mass is 32.2. The van der Waals surface area contributed by atoms with Gasteiger partial charge in [0, 0.05) is 12.3 Å². The van der Waals surface area contributed by atoms with Gasteiger partial charge in [-0.25, -0.2) is 0 Å². The smallest absolute Gasteiger partial charge is 0.325 e. The van der Waals surface area contributed by atoms with Crippen LogP contribution in [0.3, 0.4) is 0 Å². The minimum atomic E-state index is -0.977. The van der Waals surface area contributed by atoms with Gasteiger partial charge in [-0.05, 0) is 20.3 Å². The first-order valence-electron chi connectivity index (χ1n) is 5.68. The summed E-state index contributed by atoms with van der Waals surface area (Å²) in [6.45, 7) is 5.57. The molecular formula is C11H20N4O2S. The van der Waals surface area contributed by atoms with Crippen LogP contribution < -0.4 is 5.73 Å². The highest BCUT2D eigenvalue weighted by Gasteiger charge is 2.32. The fourth-order valence-corrected chi connectivity index (χ4v) is 2.79. The van der Waals surface area contributed by atoms with Gasteiger partial charge in [-0.15, -0.1) is 10.2 Å². The normalized spacial score (nSPS) is 16.1. The molecule has 0 aliphatic carbocycles. The van der Waals surface area contributed by atoms with Gasteiger partial charge < -0.3 is 15.0 Å². The first kappa shape index (κ1) is 15.0. The Morgan fingerprint density at radius 2 is 2.22 bits per heavy atom. The van der Waals surface area contributed by atoms with E-state index in [9.17, 15) is 4.79 Å². The van der Waals surface area contributed by atoms with Gasteiger partial charge in [0.1, 0.15) is 11.4 Å². The van der Waals surface area contributed by atoms with Crippen LogP contribution in [0.4, 0.5) is 0 Å². The van der Waals surface area contributed by atoms with Crippen LogP contribution in [0.15, 0.2) is 5.16 Å². The maximum absolute atomic E-state index is 11.5. The molecule has 0 spiro atoms. The number of thioether (sulfide) groups is 1. The highest BCUT2D eigenvalue weighted by molar-refractivity contribution is 7.99. The summed E-state index contributed by atoms with van der Waals surface area (Å²) in [5, 5.41) is 9.02. The number of carbonyl (C=O) groups is 1. The minimum Gasteiger partial charge on any atom is -0.468 e. The molecule has 1 aromatic heterocycles. The molecule has 0 saturated carbocycles. The van der Waals surface area contributed by atoms with Crippen LogP contribution in [0, 0.1) is 6.92 Å². The van der Waals surface area contributed by atoms with Gasteiger partial charge in [0.2, 0.25) is 0 Å². The number of carbonyl (C=O) groups excluding carboxylic acids is 1. The fraction of sp³-hybridized carbons (Fsp3) is 0.727. The molecule has 1 rings (SSSR count). The van der Waals surface area contributed by atoms with Crippen LogP contribution in [0.1, 0.15) is 26.1 Å². The lowest BCUT2D eigenvalue weighted by Gasteiger charge is -2.24. The summed E-state index contributed by atoms with van der Waals surface area (Å²) in [5.41, 5.74) is 4.96. The zero-order valence-electron chi connectivity index (χ0n) is 11.4. The van der Waals surface area contributed by atoms with Crippen LogP contribution in [0.5, 0.6) is 0 Å². The van der Waals surface area contributed by atoms with E-state index in [-0.39, 0.29) is 5.25 Å². The van der Waals surface area contributed by atoms with Crippen molar-refractivity contribution in [1.29, 1.82) is 0 Å². The van der Waals surface area contributed by atoms with Crippen molar-refractivity contribution < 1.29 is 9.53 Å². The summed E-state index contributed by atoms with van der Waals surface area (Å²) in [6, 6.07) is 0. The summed E-state index contributed by atoms with van der Waals surface area (Å²) < 4.78 is 6.60. The average Bonchev–Trinajstić information content (AvgIpc) is 2.59. The number of methoxy groups -OCH3 is 1. The van der Waals surface area contributed by atoms with Gasteiger partial charge in [-0.3, -0.25) is 4.79 Å². The van der Waals surface area contributed by atoms with E-state index in [0.29, 0.717) is 6.42 Å². The molecule has 0 fully saturated rings. The van der Waals surface area contributed by atoms with Gasteiger partial charge in [-0.2, -0.15) is 0 Å². The van der Waals surface area contributed by atoms with E-state index in [2.05, 4.69) is 14.9 Å². The Kier molecular flexibility index (Phi) is 4.75. The molecule has 0 aromatic carbocycles. The van der Waals surface area contributed by atoms with Crippen LogP contribution >= 0.6 is 11.8 Å². The first-order chi connectivity index (χ1) is 8.27. The lowest BCUT2D eigenvalue weighted by Crippen LogP contribution is -2.47. The van der Waals surface area contributed by atoms with Crippen molar-refractivity contribution in [3.8, 4) is 0 Å². The number of rotatable bonds is 5. The summed E-state index contributed by atoms with van der Waals surface area (Å²) in [5.74, 6) is 0.456. The van der Waals surface area contributed by atoms with E-state index in [1.165, 1.54) is 7.11 Å². The summed E-state index contributed by atoms with van der Waals surface area (Å²) >= 11 is 1.55. The molecule has 0 aliphatic heterocycles. The predicted molar refractivity (Wildman–Crippen MR) is 70.3 cm³/mol. The number of nitrogens with zero attached hydrogens (tertiary/aromatic N) is 3. The van der Waals surface area contributed by atoms with Crippen molar-refractivity contribution in [3.05, 3.63) is 5.82 Å². The Morgan fingerprint density at radius 1 is 1.61 bits per heavy atom. The van der Waals surface area contributed by atoms with E-state index in [4.69, 9.17) is 5.73 Å². The Hall–Kier alpha value is -1.08. The predicted octanol–water partition coefficient (Wildman–Crippen LogP) is 0.885. The van der Waals surface area contributed by atoms with Gasteiger partial charge >= 0.3 is 5.97 Å². The molecule has 1 aromatic rings. The highest BCUT2D eigenvalue weighted by Crippen LogP contribution is 2.27. The molecule has 0 aliphatic rings. The third-order valence-corrected chi connectivity index (χ3v) is 3.86. The number of aryl methyl sites for hydroxylation is 1. The first-order valence-corrected chi connectivity index (χ1v) is 6.56. The summed E-state index contributed by atoms with van der Waals surface area (Å²) in [7, 11) is 3.25. The van der Waals surface area contributed by atoms with Gasteiger partial charge in [0.15, 0.2) is 5.16 Å². The van der Waals surface area contributed by atoms with Crippen LogP contribution in [0.2, 0.25) is 0 Å². The Labute approximate surface area is 111 Å².